The molecule has 0 aromatic heterocycles. The highest BCUT2D eigenvalue weighted by molar-refractivity contribution is 6.18. The molecular weight excluding hydrogens is 224 g/mol. The quantitative estimate of drug-likeness (QED) is 0.585. The second kappa shape index (κ2) is 5.55. The first kappa shape index (κ1) is 11.7. The zero-order chi connectivity index (χ0) is 11.4. The summed E-state index contributed by atoms with van der Waals surface area (Å²) in [4.78, 5) is 0. The highest BCUT2D eigenvalue weighted by atomic mass is 35.5. The van der Waals surface area contributed by atoms with Crippen LogP contribution in [0, 0.1) is 5.92 Å². The number of benzene rings is 1. The molecule has 0 bridgehead atoms. The molecule has 0 radical (unpaired) electrons. The van der Waals surface area contributed by atoms with Gasteiger partial charge in [0, 0.05) is 5.88 Å². The van der Waals surface area contributed by atoms with Crippen molar-refractivity contribution in [2.45, 2.75) is 25.0 Å². The molecule has 2 unspecified atom stereocenters. The zero-order valence-electron chi connectivity index (χ0n) is 9.43. The fraction of sp³-hybridized carbons (Fsp3) is 0.538. The van der Waals surface area contributed by atoms with Crippen molar-refractivity contribution in [3.63, 3.8) is 0 Å². The Labute approximate surface area is 102 Å². The van der Waals surface area contributed by atoms with E-state index in [-0.39, 0.29) is 0 Å². The Hall–Kier alpha value is -0.730. The highest BCUT2D eigenvalue weighted by Crippen LogP contribution is 2.42. The molecule has 1 aliphatic heterocycles. The van der Waals surface area contributed by atoms with Gasteiger partial charge in [-0.25, -0.2) is 0 Å². The van der Waals surface area contributed by atoms with Gasteiger partial charge in [0.15, 0.2) is 0 Å². The molecule has 1 aromatic rings. The zero-order valence-corrected chi connectivity index (χ0v) is 10.2. The first-order chi connectivity index (χ1) is 7.83. The molecule has 2 nitrogen and oxygen atoms in total. The SMILES string of the molecule is COc1ccccc1.ClCC1CC2OC2C1. The second-order valence-electron chi connectivity index (χ2n) is 4.22. The molecule has 1 aliphatic carbocycles. The summed E-state index contributed by atoms with van der Waals surface area (Å²) in [5.74, 6) is 2.50. The molecule has 1 heterocycles. The third kappa shape index (κ3) is 3.13. The highest BCUT2D eigenvalue weighted by Gasteiger charge is 2.47. The number of para-hydroxylation sites is 1. The molecule has 3 heteroatoms. The van der Waals surface area contributed by atoms with Crippen molar-refractivity contribution in [2.24, 2.45) is 5.92 Å². The molecule has 88 valence electrons. The Morgan fingerprint density at radius 2 is 1.88 bits per heavy atom. The van der Waals surface area contributed by atoms with Gasteiger partial charge in [-0.2, -0.15) is 0 Å². The molecule has 0 N–H and O–H groups in total. The number of rotatable bonds is 2. The Bertz CT molecular complexity index is 305. The van der Waals surface area contributed by atoms with Gasteiger partial charge in [0.1, 0.15) is 5.75 Å². The van der Waals surface area contributed by atoms with Crippen molar-refractivity contribution in [2.75, 3.05) is 13.0 Å². The van der Waals surface area contributed by atoms with Crippen molar-refractivity contribution < 1.29 is 9.47 Å². The lowest BCUT2D eigenvalue weighted by Crippen LogP contribution is -1.99. The normalized spacial score (nSPS) is 30.0. The summed E-state index contributed by atoms with van der Waals surface area (Å²) in [6, 6.07) is 9.68. The number of epoxide rings is 1. The first-order valence-corrected chi connectivity index (χ1v) is 6.17. The average Bonchev–Trinajstić information content (AvgIpc) is 2.98. The maximum Gasteiger partial charge on any atom is 0.118 e. The molecule has 2 aliphatic rings. The van der Waals surface area contributed by atoms with Crippen LogP contribution in [-0.4, -0.2) is 25.2 Å². The fourth-order valence-electron chi connectivity index (χ4n) is 2.03. The van der Waals surface area contributed by atoms with Crippen LogP contribution in [0.4, 0.5) is 0 Å². The van der Waals surface area contributed by atoms with Crippen LogP contribution in [0.25, 0.3) is 0 Å². The van der Waals surface area contributed by atoms with Gasteiger partial charge in [0.2, 0.25) is 0 Å². The van der Waals surface area contributed by atoms with Crippen LogP contribution in [0.5, 0.6) is 5.75 Å². The van der Waals surface area contributed by atoms with E-state index in [2.05, 4.69) is 0 Å². The smallest absolute Gasteiger partial charge is 0.118 e. The number of ether oxygens (including phenoxy) is 2. The summed E-state index contributed by atoms with van der Waals surface area (Å²) in [6.45, 7) is 0. The van der Waals surface area contributed by atoms with Gasteiger partial charge in [0.25, 0.3) is 0 Å². The van der Waals surface area contributed by atoms with Gasteiger partial charge in [-0.05, 0) is 30.9 Å². The molecule has 2 atom stereocenters. The lowest BCUT2D eigenvalue weighted by atomic mass is 10.1. The van der Waals surface area contributed by atoms with E-state index in [1.54, 1.807) is 7.11 Å². The van der Waals surface area contributed by atoms with Crippen molar-refractivity contribution in [1.29, 1.82) is 0 Å². The number of halogens is 1. The van der Waals surface area contributed by atoms with E-state index in [1.165, 1.54) is 12.8 Å². The summed E-state index contributed by atoms with van der Waals surface area (Å²) in [6.07, 6.45) is 3.65. The van der Waals surface area contributed by atoms with Gasteiger partial charge in [-0.3, -0.25) is 0 Å². The standard InChI is InChI=1S/C7H8O.C6H9ClO/c1-8-7-5-3-2-4-6-7;7-3-4-1-5-6(2-4)8-5/h2-6H,1H3;4-6H,1-3H2. The van der Waals surface area contributed by atoms with E-state index in [1.807, 2.05) is 30.3 Å². The molecule has 2 fully saturated rings. The minimum Gasteiger partial charge on any atom is -0.497 e. The molecular formula is C13H17ClO2. The summed E-state index contributed by atoms with van der Waals surface area (Å²) in [5.41, 5.74) is 0. The molecule has 1 aromatic carbocycles. The first-order valence-electron chi connectivity index (χ1n) is 5.64. The third-order valence-electron chi connectivity index (χ3n) is 3.02. The van der Waals surface area contributed by atoms with Crippen LogP contribution < -0.4 is 4.74 Å². The van der Waals surface area contributed by atoms with Crippen LogP contribution in [0.2, 0.25) is 0 Å². The molecule has 0 spiro atoms. The number of hydrogen-bond acceptors (Lipinski definition) is 2. The molecule has 1 saturated heterocycles. The summed E-state index contributed by atoms with van der Waals surface area (Å²) < 4.78 is 10.1. The Morgan fingerprint density at radius 1 is 1.25 bits per heavy atom. The van der Waals surface area contributed by atoms with E-state index in [4.69, 9.17) is 21.1 Å². The van der Waals surface area contributed by atoms with Crippen LogP contribution in [0.3, 0.4) is 0 Å². The fourth-order valence-corrected chi connectivity index (χ4v) is 2.28. The molecule has 3 rings (SSSR count). The predicted octanol–water partition coefficient (Wildman–Crippen LogP) is 3.10. The number of methoxy groups -OCH3 is 1. The summed E-state index contributed by atoms with van der Waals surface area (Å²) in [7, 11) is 1.66. The second-order valence-corrected chi connectivity index (χ2v) is 4.53. The third-order valence-corrected chi connectivity index (χ3v) is 3.45. The van der Waals surface area contributed by atoms with Gasteiger partial charge in [-0.15, -0.1) is 11.6 Å². The Balaban J connectivity index is 0.000000120. The number of alkyl halides is 1. The van der Waals surface area contributed by atoms with Crippen LogP contribution in [0.15, 0.2) is 30.3 Å². The number of hydrogen-bond donors (Lipinski definition) is 0. The van der Waals surface area contributed by atoms with Crippen molar-refractivity contribution in [3.8, 4) is 5.75 Å². The molecule has 1 saturated carbocycles. The van der Waals surface area contributed by atoms with Gasteiger partial charge >= 0.3 is 0 Å². The van der Waals surface area contributed by atoms with Crippen molar-refractivity contribution in [1.82, 2.24) is 0 Å². The number of fused-ring (bicyclic) bond motifs is 1. The van der Waals surface area contributed by atoms with E-state index >= 15 is 0 Å². The maximum absolute atomic E-state index is 5.64. The van der Waals surface area contributed by atoms with Gasteiger partial charge in [0.05, 0.1) is 19.3 Å². The van der Waals surface area contributed by atoms with Gasteiger partial charge in [-0.1, -0.05) is 18.2 Å². The monoisotopic (exact) mass is 240 g/mol. The molecule has 0 amide bonds. The lowest BCUT2D eigenvalue weighted by molar-refractivity contribution is 0.284. The topological polar surface area (TPSA) is 21.8 Å². The minimum absolute atomic E-state index is 0.610. The molecule has 16 heavy (non-hydrogen) atoms. The van der Waals surface area contributed by atoms with E-state index in [0.29, 0.717) is 12.2 Å². The van der Waals surface area contributed by atoms with Gasteiger partial charge < -0.3 is 9.47 Å². The van der Waals surface area contributed by atoms with Crippen LogP contribution >= 0.6 is 11.6 Å². The van der Waals surface area contributed by atoms with E-state index in [9.17, 15) is 0 Å². The minimum atomic E-state index is 0.610. The Kier molecular flexibility index (Phi) is 4.08. The van der Waals surface area contributed by atoms with E-state index < -0.39 is 0 Å². The largest absolute Gasteiger partial charge is 0.497 e. The van der Waals surface area contributed by atoms with Crippen molar-refractivity contribution in [3.05, 3.63) is 30.3 Å². The predicted molar refractivity (Wildman–Crippen MR) is 65.1 cm³/mol. The van der Waals surface area contributed by atoms with E-state index in [0.717, 1.165) is 17.5 Å². The summed E-state index contributed by atoms with van der Waals surface area (Å²) in [5, 5.41) is 0. The van der Waals surface area contributed by atoms with Crippen molar-refractivity contribution >= 4 is 11.6 Å². The average molecular weight is 241 g/mol. The van der Waals surface area contributed by atoms with Crippen LogP contribution in [0.1, 0.15) is 12.8 Å². The lowest BCUT2D eigenvalue weighted by Gasteiger charge is -2.03. The van der Waals surface area contributed by atoms with Crippen LogP contribution in [-0.2, 0) is 4.74 Å². The summed E-state index contributed by atoms with van der Waals surface area (Å²) >= 11 is 5.64. The maximum atomic E-state index is 5.64. The Morgan fingerprint density at radius 3 is 2.25 bits per heavy atom.